The van der Waals surface area contributed by atoms with Crippen LogP contribution in [0.3, 0.4) is 0 Å². The van der Waals surface area contributed by atoms with Gasteiger partial charge < -0.3 is 9.80 Å². The number of imide groups is 2. The summed E-state index contributed by atoms with van der Waals surface area (Å²) >= 11 is 0. The predicted octanol–water partition coefficient (Wildman–Crippen LogP) is 9.10. The molecule has 0 aliphatic carbocycles. The summed E-state index contributed by atoms with van der Waals surface area (Å²) in [6, 6.07) is 42.7. The number of piperazine rings is 1. The normalized spacial score (nSPS) is 23.9. The Bertz CT molecular complexity index is 2570. The van der Waals surface area contributed by atoms with Crippen LogP contribution in [0.1, 0.15) is 45.5 Å². The van der Waals surface area contributed by atoms with E-state index in [2.05, 4.69) is 12.1 Å². The van der Waals surface area contributed by atoms with Crippen LogP contribution in [0.4, 0.5) is 43.7 Å². The molecule has 10 nitrogen and oxygen atoms in total. The minimum atomic E-state index is -2.21. The van der Waals surface area contributed by atoms with Gasteiger partial charge in [-0.15, -0.1) is 0 Å². The van der Waals surface area contributed by atoms with Crippen molar-refractivity contribution in [1.29, 1.82) is 0 Å². The van der Waals surface area contributed by atoms with E-state index in [0.29, 0.717) is 34.1 Å². The molecule has 3 saturated heterocycles. The van der Waals surface area contributed by atoms with Gasteiger partial charge in [0.05, 0.1) is 34.8 Å². The van der Waals surface area contributed by atoms with E-state index in [-0.39, 0.29) is 0 Å². The van der Waals surface area contributed by atoms with Crippen LogP contribution in [0.5, 0.6) is 0 Å². The molecule has 6 aromatic carbocycles. The highest BCUT2D eigenvalue weighted by Gasteiger charge is 2.89. The van der Waals surface area contributed by atoms with Crippen LogP contribution in [-0.4, -0.2) is 35.2 Å². The van der Waals surface area contributed by atoms with Crippen molar-refractivity contribution in [3.05, 3.63) is 179 Å². The zero-order chi connectivity index (χ0) is 39.8. The Balaban J connectivity index is 1.38. The van der Waals surface area contributed by atoms with Crippen LogP contribution in [0, 0.1) is 27.7 Å². The van der Waals surface area contributed by atoms with E-state index in [4.69, 9.17) is 0 Å². The van der Waals surface area contributed by atoms with Gasteiger partial charge in [0.2, 0.25) is 0 Å². The van der Waals surface area contributed by atoms with E-state index >= 15 is 19.2 Å². The lowest BCUT2D eigenvalue weighted by molar-refractivity contribution is -0.134. The molecule has 4 unspecified atom stereocenters. The summed E-state index contributed by atoms with van der Waals surface area (Å²) in [6.45, 7) is 8.03. The smallest absolute Gasteiger partial charge is 0.327 e. The first-order valence-electron chi connectivity index (χ1n) is 19.5. The maximum atomic E-state index is 16.6. The summed E-state index contributed by atoms with van der Waals surface area (Å²) < 4.78 is 0. The molecule has 58 heavy (non-hydrogen) atoms. The number of nitrogens with zero attached hydrogens (tertiary/aromatic N) is 6. The van der Waals surface area contributed by atoms with Gasteiger partial charge >= 0.3 is 12.1 Å². The van der Waals surface area contributed by atoms with Crippen LogP contribution < -0.4 is 29.4 Å². The highest BCUT2D eigenvalue weighted by atomic mass is 16.2. The molecule has 5 heterocycles. The summed E-state index contributed by atoms with van der Waals surface area (Å²) in [5.41, 5.74) is 4.17. The van der Waals surface area contributed by atoms with Gasteiger partial charge in [-0.25, -0.2) is 19.4 Å². The number of benzene rings is 6. The largest absolute Gasteiger partial charge is 0.338 e. The molecule has 4 bridgehead atoms. The third kappa shape index (κ3) is 3.96. The van der Waals surface area contributed by atoms with Crippen molar-refractivity contribution >= 4 is 58.0 Å². The monoisotopic (exact) mass is 762 g/mol. The van der Waals surface area contributed by atoms with Crippen molar-refractivity contribution < 1.29 is 19.2 Å². The molecular weight excluding hydrogens is 725 g/mol. The number of amides is 6. The van der Waals surface area contributed by atoms with E-state index in [1.54, 1.807) is 48.5 Å². The number of hydrogen-bond donors (Lipinski definition) is 0. The minimum absolute atomic E-state index is 0.353. The molecule has 5 aliphatic heterocycles. The number of para-hydroxylation sites is 2. The Morgan fingerprint density at radius 2 is 0.741 bits per heavy atom. The topological polar surface area (TPSA) is 87.7 Å². The van der Waals surface area contributed by atoms with Crippen molar-refractivity contribution in [2.24, 2.45) is 0 Å². The van der Waals surface area contributed by atoms with Crippen molar-refractivity contribution in [1.82, 2.24) is 0 Å². The molecule has 0 N–H and O–H groups in total. The molecule has 6 aromatic rings. The van der Waals surface area contributed by atoms with Crippen LogP contribution >= 0.6 is 0 Å². The maximum Gasteiger partial charge on any atom is 0.338 e. The van der Waals surface area contributed by atoms with Gasteiger partial charge in [0, 0.05) is 22.5 Å². The fourth-order valence-electron chi connectivity index (χ4n) is 10.3. The number of anilines is 6. The van der Waals surface area contributed by atoms with Gasteiger partial charge in [-0.2, -0.15) is 0 Å². The van der Waals surface area contributed by atoms with Gasteiger partial charge in [-0.05, 0) is 88.4 Å². The quantitative estimate of drug-likeness (QED) is 0.167. The van der Waals surface area contributed by atoms with Crippen LogP contribution in [0.2, 0.25) is 0 Å². The Morgan fingerprint density at radius 3 is 1.10 bits per heavy atom. The molecule has 5 aliphatic rings. The van der Waals surface area contributed by atoms with Gasteiger partial charge in [-0.3, -0.25) is 19.4 Å². The van der Waals surface area contributed by atoms with Gasteiger partial charge in [0.25, 0.3) is 23.1 Å². The second-order valence-corrected chi connectivity index (χ2v) is 16.0. The van der Waals surface area contributed by atoms with Crippen molar-refractivity contribution in [2.45, 2.75) is 51.1 Å². The Kier molecular flexibility index (Phi) is 6.86. The number of urea groups is 2. The molecule has 0 saturated carbocycles. The molecule has 6 amide bonds. The van der Waals surface area contributed by atoms with E-state index in [0.717, 1.165) is 33.4 Å². The lowest BCUT2D eigenvalue weighted by Crippen LogP contribution is -2.92. The SMILES string of the molecule is Cc1ccc(N2C3c4cc(C)ccc4N4C(=O)N(c5ccccc5)C(=O)C42C24C(=O)N(c5ccccc5)C(=O)N2c2ccc(C)cc2C3N4c2ccc(C)cc2)cc1. The van der Waals surface area contributed by atoms with E-state index in [9.17, 15) is 0 Å². The molecule has 11 rings (SSSR count). The van der Waals surface area contributed by atoms with Crippen molar-refractivity contribution in [2.75, 3.05) is 29.4 Å². The maximum absolute atomic E-state index is 16.6. The third-order valence-corrected chi connectivity index (χ3v) is 12.6. The number of fused-ring (bicyclic) bond motifs is 9. The zero-order valence-electron chi connectivity index (χ0n) is 32.3. The first kappa shape index (κ1) is 34.1. The minimum Gasteiger partial charge on any atom is -0.327 e. The van der Waals surface area contributed by atoms with Crippen LogP contribution in [0.25, 0.3) is 0 Å². The fraction of sp³-hybridized carbons (Fsp3) is 0.167. The standard InChI is InChI=1S/C48H38N6O4/c1-29-15-21-35(22-16-29)51-41-37-27-31(3)19-25-39(37)53-45(57)49(33-11-7-5-8-12-33)43(55)47(51,53)48-44(56)50(34-13-9-6-10-14-34)46(58)54(48)40-26-20-32(4)28-38(40)42(41)52(48)36-23-17-30(2)18-24-36/h5-28,41-42H,1-4H3. The summed E-state index contributed by atoms with van der Waals surface area (Å²) in [7, 11) is 0. The predicted molar refractivity (Wildman–Crippen MR) is 224 cm³/mol. The Labute approximate surface area is 335 Å². The molecule has 10 heteroatoms. The summed E-state index contributed by atoms with van der Waals surface area (Å²) in [5, 5.41) is 0. The second-order valence-electron chi connectivity index (χ2n) is 16.0. The third-order valence-electron chi connectivity index (χ3n) is 12.6. The first-order chi connectivity index (χ1) is 28.1. The van der Waals surface area contributed by atoms with Crippen molar-refractivity contribution in [3.8, 4) is 0 Å². The number of rotatable bonds is 4. The molecule has 2 spiro atoms. The van der Waals surface area contributed by atoms with E-state index in [1.165, 1.54) is 19.6 Å². The highest BCUT2D eigenvalue weighted by Crippen LogP contribution is 2.70. The number of carbonyl (C=O) groups is 4. The van der Waals surface area contributed by atoms with Crippen LogP contribution in [0.15, 0.2) is 146 Å². The molecule has 284 valence electrons. The average molecular weight is 763 g/mol. The highest BCUT2D eigenvalue weighted by molar-refractivity contribution is 6.41. The molecule has 0 aromatic heterocycles. The molecule has 0 radical (unpaired) electrons. The average Bonchev–Trinajstić information content (AvgIpc) is 3.60. The van der Waals surface area contributed by atoms with Gasteiger partial charge in [0.15, 0.2) is 0 Å². The van der Waals surface area contributed by atoms with Crippen molar-refractivity contribution in [3.63, 3.8) is 0 Å². The molecule has 4 atom stereocenters. The summed E-state index contributed by atoms with van der Waals surface area (Å²) in [5.74, 6) is -1.29. The second kappa shape index (κ2) is 11.7. The summed E-state index contributed by atoms with van der Waals surface area (Å²) in [6.07, 6.45) is 0. The Morgan fingerprint density at radius 1 is 0.397 bits per heavy atom. The zero-order valence-corrected chi connectivity index (χ0v) is 32.3. The van der Waals surface area contributed by atoms with E-state index < -0.39 is 47.3 Å². The molecular formula is C48H38N6O4. The van der Waals surface area contributed by atoms with Gasteiger partial charge in [0.1, 0.15) is 0 Å². The van der Waals surface area contributed by atoms with Crippen LogP contribution in [-0.2, 0) is 9.59 Å². The van der Waals surface area contributed by atoms with Gasteiger partial charge in [-0.1, -0.05) is 107 Å². The number of carbonyl (C=O) groups excluding carboxylic acids is 4. The Hall–Kier alpha value is -7.20. The fourth-order valence-corrected chi connectivity index (χ4v) is 10.3. The first-order valence-corrected chi connectivity index (χ1v) is 19.5. The summed E-state index contributed by atoms with van der Waals surface area (Å²) in [4.78, 5) is 74.2. The lowest BCUT2D eigenvalue weighted by Gasteiger charge is -2.71. The number of hydrogen-bond acceptors (Lipinski definition) is 6. The van der Waals surface area contributed by atoms with E-state index in [1.807, 2.05) is 122 Å². The molecule has 3 fully saturated rings. The lowest BCUT2D eigenvalue weighted by atomic mass is 9.68. The number of aryl methyl sites for hydroxylation is 4.